The van der Waals surface area contributed by atoms with Crippen molar-refractivity contribution in [1.29, 1.82) is 0 Å². The summed E-state index contributed by atoms with van der Waals surface area (Å²) in [6.45, 7) is 1.80. The molecule has 1 saturated heterocycles. The van der Waals surface area contributed by atoms with E-state index in [1.165, 1.54) is 18.0 Å². The molecule has 7 nitrogen and oxygen atoms in total. The maximum atomic E-state index is 12.6. The lowest BCUT2D eigenvalue weighted by molar-refractivity contribution is 0.573. The molecule has 7 heteroatoms. The van der Waals surface area contributed by atoms with E-state index in [1.54, 1.807) is 7.05 Å². The number of hydrogen-bond donors (Lipinski definition) is 0. The smallest absolute Gasteiger partial charge is 0.332 e. The van der Waals surface area contributed by atoms with Crippen molar-refractivity contribution < 1.29 is 0 Å². The highest BCUT2D eigenvalue weighted by Crippen LogP contribution is 2.30. The van der Waals surface area contributed by atoms with Gasteiger partial charge in [-0.05, 0) is 19.3 Å². The van der Waals surface area contributed by atoms with Gasteiger partial charge in [0, 0.05) is 32.7 Å². The van der Waals surface area contributed by atoms with Crippen molar-refractivity contribution in [3.8, 4) is 11.3 Å². The van der Waals surface area contributed by atoms with Gasteiger partial charge in [0.15, 0.2) is 17.0 Å². The lowest BCUT2D eigenvalue weighted by Crippen LogP contribution is -2.38. The molecule has 0 amide bonds. The number of fused-ring (bicyclic) bond motifs is 1. The van der Waals surface area contributed by atoms with Gasteiger partial charge in [-0.2, -0.15) is 0 Å². The summed E-state index contributed by atoms with van der Waals surface area (Å²) in [7, 11) is 3.09. The first-order chi connectivity index (χ1) is 12.6. The first-order valence-corrected chi connectivity index (χ1v) is 8.86. The predicted molar refractivity (Wildman–Crippen MR) is 102 cm³/mol. The van der Waals surface area contributed by atoms with E-state index in [2.05, 4.69) is 9.88 Å². The number of anilines is 1. The molecule has 0 N–H and O–H groups in total. The molecule has 0 radical (unpaired) electrons. The molecule has 0 bridgehead atoms. The van der Waals surface area contributed by atoms with E-state index in [9.17, 15) is 9.59 Å². The van der Waals surface area contributed by atoms with Crippen LogP contribution in [0.1, 0.15) is 19.3 Å². The third-order valence-corrected chi connectivity index (χ3v) is 4.96. The Hall–Kier alpha value is -2.96. The maximum Gasteiger partial charge on any atom is 0.332 e. The number of aromatic nitrogens is 4. The Morgan fingerprint density at radius 2 is 1.58 bits per heavy atom. The number of rotatable bonds is 2. The van der Waals surface area contributed by atoms with Crippen LogP contribution in [-0.2, 0) is 14.1 Å². The highest BCUT2D eigenvalue weighted by atomic mass is 16.2. The largest absolute Gasteiger partial charge is 0.355 e. The van der Waals surface area contributed by atoms with E-state index >= 15 is 0 Å². The first kappa shape index (κ1) is 16.5. The van der Waals surface area contributed by atoms with E-state index in [0.717, 1.165) is 41.9 Å². The molecule has 3 aromatic rings. The first-order valence-electron chi connectivity index (χ1n) is 8.86. The van der Waals surface area contributed by atoms with E-state index in [4.69, 9.17) is 4.98 Å². The van der Waals surface area contributed by atoms with Crippen molar-refractivity contribution in [2.45, 2.75) is 19.3 Å². The molecule has 3 heterocycles. The van der Waals surface area contributed by atoms with Crippen LogP contribution in [0.3, 0.4) is 0 Å². The minimum absolute atomic E-state index is 0.217. The van der Waals surface area contributed by atoms with Gasteiger partial charge in [-0.25, -0.2) is 14.8 Å². The molecule has 1 fully saturated rings. The molecular weight excluding hydrogens is 330 g/mol. The summed E-state index contributed by atoms with van der Waals surface area (Å²) in [6, 6.07) is 9.77. The van der Waals surface area contributed by atoms with Gasteiger partial charge in [-0.3, -0.25) is 13.9 Å². The van der Waals surface area contributed by atoms with Crippen molar-refractivity contribution in [3.05, 3.63) is 51.2 Å². The zero-order valence-electron chi connectivity index (χ0n) is 15.0. The van der Waals surface area contributed by atoms with Crippen LogP contribution in [0.2, 0.25) is 0 Å². The van der Waals surface area contributed by atoms with Gasteiger partial charge < -0.3 is 4.90 Å². The van der Waals surface area contributed by atoms with Crippen LogP contribution in [0.5, 0.6) is 0 Å². The SMILES string of the molecule is Cn1c(=O)c2nc(-c3ccccc3)c(N3CCCCC3)nc2n(C)c1=O. The minimum atomic E-state index is -0.419. The summed E-state index contributed by atoms with van der Waals surface area (Å²) in [5.41, 5.74) is 1.34. The van der Waals surface area contributed by atoms with Gasteiger partial charge in [-0.1, -0.05) is 30.3 Å². The van der Waals surface area contributed by atoms with E-state index in [0.29, 0.717) is 11.3 Å². The third-order valence-electron chi connectivity index (χ3n) is 4.96. The van der Waals surface area contributed by atoms with Crippen LogP contribution in [-0.4, -0.2) is 32.2 Å². The van der Waals surface area contributed by atoms with Crippen molar-refractivity contribution in [2.75, 3.05) is 18.0 Å². The van der Waals surface area contributed by atoms with Gasteiger partial charge in [0.1, 0.15) is 5.69 Å². The Morgan fingerprint density at radius 1 is 0.885 bits per heavy atom. The van der Waals surface area contributed by atoms with Gasteiger partial charge in [-0.15, -0.1) is 0 Å². The van der Waals surface area contributed by atoms with Crippen molar-refractivity contribution in [3.63, 3.8) is 0 Å². The lowest BCUT2D eigenvalue weighted by atomic mass is 10.1. The zero-order valence-corrected chi connectivity index (χ0v) is 15.0. The Labute approximate surface area is 150 Å². The molecule has 4 rings (SSSR count). The van der Waals surface area contributed by atoms with E-state index in [-0.39, 0.29) is 5.52 Å². The molecule has 0 unspecified atom stereocenters. The molecule has 134 valence electrons. The molecule has 0 spiro atoms. The second-order valence-electron chi connectivity index (χ2n) is 6.69. The van der Waals surface area contributed by atoms with Gasteiger partial charge in [0.25, 0.3) is 5.56 Å². The van der Waals surface area contributed by atoms with Crippen molar-refractivity contribution >= 4 is 17.0 Å². The summed E-state index contributed by atoms with van der Waals surface area (Å²) in [5, 5.41) is 0. The molecule has 26 heavy (non-hydrogen) atoms. The van der Waals surface area contributed by atoms with Gasteiger partial charge in [0.05, 0.1) is 0 Å². The predicted octanol–water partition coefficient (Wildman–Crippen LogP) is 1.68. The van der Waals surface area contributed by atoms with Crippen molar-refractivity contribution in [2.24, 2.45) is 14.1 Å². The molecule has 2 aromatic heterocycles. The number of hydrogen-bond acceptors (Lipinski definition) is 5. The molecular formula is C19H21N5O2. The second kappa shape index (κ2) is 6.40. The molecule has 0 atom stereocenters. The molecule has 0 aliphatic carbocycles. The summed E-state index contributed by atoms with van der Waals surface area (Å²) in [5.74, 6) is 0.742. The van der Waals surface area contributed by atoms with Crippen LogP contribution in [0.4, 0.5) is 5.82 Å². The fourth-order valence-corrected chi connectivity index (χ4v) is 3.47. The number of aryl methyl sites for hydroxylation is 1. The quantitative estimate of drug-likeness (QED) is 0.702. The van der Waals surface area contributed by atoms with Crippen LogP contribution >= 0.6 is 0 Å². The fourth-order valence-electron chi connectivity index (χ4n) is 3.47. The summed E-state index contributed by atoms with van der Waals surface area (Å²) in [6.07, 6.45) is 3.41. The normalized spacial score (nSPS) is 14.8. The summed E-state index contributed by atoms with van der Waals surface area (Å²) >= 11 is 0. The molecule has 1 aromatic carbocycles. The molecule has 1 aliphatic heterocycles. The van der Waals surface area contributed by atoms with Gasteiger partial charge >= 0.3 is 5.69 Å². The average Bonchev–Trinajstić information content (AvgIpc) is 2.71. The number of nitrogens with zero attached hydrogens (tertiary/aromatic N) is 5. The summed E-state index contributed by atoms with van der Waals surface area (Å²) < 4.78 is 2.47. The van der Waals surface area contributed by atoms with Crippen LogP contribution in [0.15, 0.2) is 39.9 Å². The van der Waals surface area contributed by atoms with Crippen LogP contribution in [0.25, 0.3) is 22.4 Å². The standard InChI is InChI=1S/C19H21N5O2/c1-22-16-15(18(25)23(2)19(22)26)20-14(13-9-5-3-6-10-13)17(21-16)24-11-7-4-8-12-24/h3,5-6,9-10H,4,7-8,11-12H2,1-2H3. The number of benzene rings is 1. The Morgan fingerprint density at radius 3 is 2.27 bits per heavy atom. The van der Waals surface area contributed by atoms with Gasteiger partial charge in [0.2, 0.25) is 0 Å². The Bertz CT molecular complexity index is 1080. The van der Waals surface area contributed by atoms with Crippen LogP contribution in [0, 0.1) is 0 Å². The maximum absolute atomic E-state index is 12.6. The zero-order chi connectivity index (χ0) is 18.3. The Kier molecular flexibility index (Phi) is 4.06. The minimum Gasteiger partial charge on any atom is -0.355 e. The second-order valence-corrected chi connectivity index (χ2v) is 6.69. The third kappa shape index (κ3) is 2.60. The average molecular weight is 351 g/mol. The Balaban J connectivity index is 2.06. The van der Waals surface area contributed by atoms with Crippen molar-refractivity contribution in [1.82, 2.24) is 19.1 Å². The summed E-state index contributed by atoms with van der Waals surface area (Å²) in [4.78, 5) is 36.5. The monoisotopic (exact) mass is 351 g/mol. The highest BCUT2D eigenvalue weighted by molar-refractivity contribution is 5.81. The topological polar surface area (TPSA) is 73.0 Å². The molecule has 1 aliphatic rings. The fraction of sp³-hybridized carbons (Fsp3) is 0.368. The highest BCUT2D eigenvalue weighted by Gasteiger charge is 2.22. The van der Waals surface area contributed by atoms with Crippen LogP contribution < -0.4 is 16.1 Å². The lowest BCUT2D eigenvalue weighted by Gasteiger charge is -2.29. The number of piperidine rings is 1. The molecule has 0 saturated carbocycles. The van der Waals surface area contributed by atoms with E-state index < -0.39 is 11.2 Å². The van der Waals surface area contributed by atoms with E-state index in [1.807, 2.05) is 30.3 Å².